The fraction of sp³-hybridized carbons (Fsp3) is 0.467. The molecule has 0 heterocycles. The summed E-state index contributed by atoms with van der Waals surface area (Å²) in [5.74, 6) is 0.0219. The molecule has 0 aliphatic heterocycles. The predicted molar refractivity (Wildman–Crippen MR) is 69.9 cm³/mol. The van der Waals surface area contributed by atoms with Gasteiger partial charge in [0.25, 0.3) is 0 Å². The molecular formula is C15H18N2O. The van der Waals surface area contributed by atoms with E-state index in [1.807, 2.05) is 45.0 Å². The topological polar surface area (TPSA) is 56.8 Å². The van der Waals surface area contributed by atoms with Crippen molar-refractivity contribution in [2.75, 3.05) is 7.11 Å². The third-order valence-electron chi connectivity index (χ3n) is 3.02. The molecule has 1 aromatic rings. The Balaban J connectivity index is 3.19. The van der Waals surface area contributed by atoms with E-state index in [0.717, 1.165) is 11.3 Å². The number of nitriles is 2. The number of hydrogen-bond donors (Lipinski definition) is 0. The molecule has 0 saturated heterocycles. The van der Waals surface area contributed by atoms with E-state index >= 15 is 0 Å². The van der Waals surface area contributed by atoms with Crippen molar-refractivity contribution in [1.82, 2.24) is 0 Å². The van der Waals surface area contributed by atoms with Crippen molar-refractivity contribution in [3.63, 3.8) is 0 Å². The van der Waals surface area contributed by atoms with Gasteiger partial charge in [-0.05, 0) is 23.1 Å². The minimum Gasteiger partial charge on any atom is -0.497 e. The minimum absolute atomic E-state index is 0.113. The van der Waals surface area contributed by atoms with Crippen LogP contribution < -0.4 is 4.74 Å². The van der Waals surface area contributed by atoms with Crippen LogP contribution in [0.2, 0.25) is 0 Å². The molecule has 0 bridgehead atoms. The molecule has 1 rings (SSSR count). The maximum Gasteiger partial charge on any atom is 0.140 e. The number of rotatable bonds is 3. The van der Waals surface area contributed by atoms with E-state index in [4.69, 9.17) is 15.3 Å². The van der Waals surface area contributed by atoms with Crippen LogP contribution in [0.1, 0.15) is 32.3 Å². The highest BCUT2D eigenvalue weighted by atomic mass is 16.5. The SMILES string of the molecule is COc1ccc(C(C(C#N)C#N)C(C)(C)C)cc1. The molecule has 0 aromatic heterocycles. The van der Waals surface area contributed by atoms with E-state index in [-0.39, 0.29) is 11.3 Å². The molecule has 0 radical (unpaired) electrons. The number of nitrogens with zero attached hydrogens (tertiary/aromatic N) is 2. The van der Waals surface area contributed by atoms with Crippen molar-refractivity contribution >= 4 is 0 Å². The summed E-state index contributed by atoms with van der Waals surface area (Å²) in [5.41, 5.74) is 0.849. The van der Waals surface area contributed by atoms with E-state index < -0.39 is 5.92 Å². The summed E-state index contributed by atoms with van der Waals surface area (Å²) in [6, 6.07) is 11.8. The Bertz CT molecular complexity index is 457. The van der Waals surface area contributed by atoms with Gasteiger partial charge in [0, 0.05) is 5.92 Å². The van der Waals surface area contributed by atoms with Crippen molar-refractivity contribution in [3.05, 3.63) is 29.8 Å². The quantitative estimate of drug-likeness (QED) is 0.815. The summed E-state index contributed by atoms with van der Waals surface area (Å²) in [6.07, 6.45) is 0. The molecule has 3 heteroatoms. The van der Waals surface area contributed by atoms with Crippen LogP contribution in [0.3, 0.4) is 0 Å². The first-order chi connectivity index (χ1) is 8.43. The maximum atomic E-state index is 9.12. The first kappa shape index (κ1) is 14.1. The molecule has 1 aromatic carbocycles. The highest BCUT2D eigenvalue weighted by Gasteiger charge is 2.33. The lowest BCUT2D eigenvalue weighted by atomic mass is 9.70. The van der Waals surface area contributed by atoms with Gasteiger partial charge in [0.05, 0.1) is 19.2 Å². The lowest BCUT2D eigenvalue weighted by Crippen LogP contribution is -2.24. The zero-order valence-corrected chi connectivity index (χ0v) is 11.3. The van der Waals surface area contributed by atoms with Crippen molar-refractivity contribution < 1.29 is 4.74 Å². The van der Waals surface area contributed by atoms with Gasteiger partial charge in [-0.3, -0.25) is 0 Å². The molecule has 94 valence electrons. The molecule has 3 nitrogen and oxygen atoms in total. The van der Waals surface area contributed by atoms with Crippen LogP contribution in [-0.4, -0.2) is 7.11 Å². The molecular weight excluding hydrogens is 224 g/mol. The molecule has 1 atom stereocenters. The Hall–Kier alpha value is -2.00. The molecule has 18 heavy (non-hydrogen) atoms. The van der Waals surface area contributed by atoms with Crippen LogP contribution in [-0.2, 0) is 0 Å². The molecule has 0 aliphatic carbocycles. The molecule has 0 fully saturated rings. The zero-order chi connectivity index (χ0) is 13.8. The normalized spacial score (nSPS) is 12.6. The number of methoxy groups -OCH3 is 1. The molecule has 0 amide bonds. The van der Waals surface area contributed by atoms with Gasteiger partial charge in [-0.15, -0.1) is 0 Å². The first-order valence-electron chi connectivity index (χ1n) is 5.87. The molecule has 1 unspecified atom stereocenters. The summed E-state index contributed by atoms with van der Waals surface area (Å²) in [6.45, 7) is 6.14. The van der Waals surface area contributed by atoms with Gasteiger partial charge in [0.2, 0.25) is 0 Å². The average molecular weight is 242 g/mol. The van der Waals surface area contributed by atoms with Crippen molar-refractivity contribution in [1.29, 1.82) is 10.5 Å². The smallest absolute Gasteiger partial charge is 0.140 e. The Morgan fingerprint density at radius 1 is 1.06 bits per heavy atom. The van der Waals surface area contributed by atoms with Gasteiger partial charge in [0.1, 0.15) is 11.7 Å². The number of benzene rings is 1. The fourth-order valence-corrected chi connectivity index (χ4v) is 2.18. The number of hydrogen-bond acceptors (Lipinski definition) is 3. The van der Waals surface area contributed by atoms with E-state index in [0.29, 0.717) is 0 Å². The van der Waals surface area contributed by atoms with Gasteiger partial charge in [-0.1, -0.05) is 32.9 Å². The van der Waals surface area contributed by atoms with Gasteiger partial charge in [-0.2, -0.15) is 10.5 Å². The third-order valence-corrected chi connectivity index (χ3v) is 3.02. The van der Waals surface area contributed by atoms with Gasteiger partial charge < -0.3 is 4.74 Å². The Labute approximate surface area is 109 Å². The van der Waals surface area contributed by atoms with E-state index in [1.54, 1.807) is 7.11 Å². The highest BCUT2D eigenvalue weighted by molar-refractivity contribution is 5.33. The van der Waals surface area contributed by atoms with Crippen molar-refractivity contribution in [2.24, 2.45) is 11.3 Å². The lowest BCUT2D eigenvalue weighted by molar-refractivity contribution is 0.294. The Morgan fingerprint density at radius 2 is 1.56 bits per heavy atom. The van der Waals surface area contributed by atoms with Crippen LogP contribution in [0.4, 0.5) is 0 Å². The zero-order valence-electron chi connectivity index (χ0n) is 11.3. The van der Waals surface area contributed by atoms with E-state index in [2.05, 4.69) is 12.1 Å². The van der Waals surface area contributed by atoms with Crippen molar-refractivity contribution in [3.8, 4) is 17.9 Å². The largest absolute Gasteiger partial charge is 0.497 e. The summed E-state index contributed by atoms with van der Waals surface area (Å²) in [5, 5.41) is 18.2. The van der Waals surface area contributed by atoms with Crippen LogP contribution in [0.25, 0.3) is 0 Å². The Morgan fingerprint density at radius 3 is 1.89 bits per heavy atom. The molecule has 0 saturated carbocycles. The second-order valence-corrected chi connectivity index (χ2v) is 5.35. The second kappa shape index (κ2) is 5.56. The standard InChI is InChI=1S/C15H18N2O/c1-15(2,3)14(12(9-16)10-17)11-5-7-13(18-4)8-6-11/h5-8,12,14H,1-4H3. The van der Waals surface area contributed by atoms with Gasteiger partial charge >= 0.3 is 0 Å². The average Bonchev–Trinajstić information content (AvgIpc) is 2.34. The summed E-state index contributed by atoms with van der Waals surface area (Å²) in [7, 11) is 1.61. The molecule has 0 N–H and O–H groups in total. The van der Waals surface area contributed by atoms with Crippen LogP contribution in [0.15, 0.2) is 24.3 Å². The fourth-order valence-electron chi connectivity index (χ4n) is 2.18. The predicted octanol–water partition coefficient (Wildman–Crippen LogP) is 3.49. The van der Waals surface area contributed by atoms with E-state index in [1.165, 1.54) is 0 Å². The Kier molecular flexibility index (Phi) is 4.34. The summed E-state index contributed by atoms with van der Waals surface area (Å²) in [4.78, 5) is 0. The van der Waals surface area contributed by atoms with E-state index in [9.17, 15) is 0 Å². The third kappa shape index (κ3) is 3.02. The van der Waals surface area contributed by atoms with Gasteiger partial charge in [-0.25, -0.2) is 0 Å². The maximum absolute atomic E-state index is 9.12. The first-order valence-corrected chi connectivity index (χ1v) is 5.87. The minimum atomic E-state index is -0.640. The highest BCUT2D eigenvalue weighted by Crippen LogP contribution is 2.40. The molecule has 0 aliphatic rings. The van der Waals surface area contributed by atoms with Crippen LogP contribution in [0, 0.1) is 34.0 Å². The van der Waals surface area contributed by atoms with Gasteiger partial charge in [0.15, 0.2) is 0 Å². The van der Waals surface area contributed by atoms with Crippen LogP contribution >= 0.6 is 0 Å². The lowest BCUT2D eigenvalue weighted by Gasteiger charge is -2.31. The number of ether oxygens (including phenoxy) is 1. The summed E-state index contributed by atoms with van der Waals surface area (Å²) >= 11 is 0. The summed E-state index contributed by atoms with van der Waals surface area (Å²) < 4.78 is 5.12. The molecule has 0 spiro atoms. The van der Waals surface area contributed by atoms with Crippen molar-refractivity contribution in [2.45, 2.75) is 26.7 Å². The second-order valence-electron chi connectivity index (χ2n) is 5.35. The van der Waals surface area contributed by atoms with Crippen LogP contribution in [0.5, 0.6) is 5.75 Å². The monoisotopic (exact) mass is 242 g/mol.